The lowest BCUT2D eigenvalue weighted by atomic mass is 9.57. The summed E-state index contributed by atoms with van der Waals surface area (Å²) in [4.78, 5) is 33.3. The van der Waals surface area contributed by atoms with Crippen molar-refractivity contribution in [3.63, 3.8) is 0 Å². The van der Waals surface area contributed by atoms with Gasteiger partial charge in [0.15, 0.2) is 11.6 Å². The third kappa shape index (κ3) is 3.18. The number of furan rings is 1. The van der Waals surface area contributed by atoms with Crippen LogP contribution in [-0.2, 0) is 11.2 Å². The van der Waals surface area contributed by atoms with Crippen molar-refractivity contribution in [1.82, 2.24) is 24.9 Å². The van der Waals surface area contributed by atoms with E-state index >= 15 is 0 Å². The largest absolute Gasteiger partial charge is 0.481 e. The van der Waals surface area contributed by atoms with E-state index in [1.807, 2.05) is 24.4 Å². The topological polar surface area (TPSA) is 118 Å². The van der Waals surface area contributed by atoms with Gasteiger partial charge < -0.3 is 14.5 Å². The second kappa shape index (κ2) is 7.55. The van der Waals surface area contributed by atoms with Crippen molar-refractivity contribution in [3.05, 3.63) is 48.9 Å². The van der Waals surface area contributed by atoms with Crippen molar-refractivity contribution in [2.45, 2.75) is 32.1 Å². The summed E-state index contributed by atoms with van der Waals surface area (Å²) < 4.78 is 5.62. The van der Waals surface area contributed by atoms with Gasteiger partial charge in [-0.1, -0.05) is 0 Å². The van der Waals surface area contributed by atoms with Gasteiger partial charge in [-0.25, -0.2) is 19.9 Å². The molecule has 0 spiro atoms. The molecule has 2 atom stereocenters. The van der Waals surface area contributed by atoms with Gasteiger partial charge in [-0.3, -0.25) is 4.79 Å². The molecule has 0 unspecified atom stereocenters. The molecule has 162 valence electrons. The first-order valence-electron chi connectivity index (χ1n) is 11.1. The summed E-state index contributed by atoms with van der Waals surface area (Å²) in [6.45, 7) is 0. The molecule has 0 saturated heterocycles. The number of nitrogens with one attached hydrogen (secondary N) is 1. The van der Waals surface area contributed by atoms with Gasteiger partial charge in [-0.2, -0.15) is 0 Å². The first kappa shape index (κ1) is 19.2. The maximum atomic E-state index is 12.1. The fraction of sp³-hybridized carbons (Fsp3) is 0.375. The Morgan fingerprint density at radius 1 is 1.19 bits per heavy atom. The highest BCUT2D eigenvalue weighted by atomic mass is 16.4. The van der Waals surface area contributed by atoms with Crippen LogP contribution in [0, 0.1) is 23.7 Å². The first-order valence-corrected chi connectivity index (χ1v) is 11.1. The van der Waals surface area contributed by atoms with Crippen molar-refractivity contribution >= 4 is 17.0 Å². The Morgan fingerprint density at radius 2 is 2.03 bits per heavy atom. The molecule has 8 nitrogen and oxygen atoms in total. The zero-order valence-electron chi connectivity index (χ0n) is 17.4. The van der Waals surface area contributed by atoms with Gasteiger partial charge in [-0.15, -0.1) is 0 Å². The number of hydrogen-bond acceptors (Lipinski definition) is 6. The quantitative estimate of drug-likeness (QED) is 0.484. The number of carboxylic acid groups (broad SMARTS) is 1. The van der Waals surface area contributed by atoms with E-state index in [4.69, 9.17) is 14.4 Å². The zero-order valence-corrected chi connectivity index (χ0v) is 17.4. The van der Waals surface area contributed by atoms with Crippen LogP contribution in [0.15, 0.2) is 47.6 Å². The second-order valence-electron chi connectivity index (χ2n) is 8.94. The number of H-pyrrole nitrogens is 1. The van der Waals surface area contributed by atoms with Gasteiger partial charge in [0, 0.05) is 29.0 Å². The fourth-order valence-electron chi connectivity index (χ4n) is 5.81. The lowest BCUT2D eigenvalue weighted by Gasteiger charge is -2.46. The van der Waals surface area contributed by atoms with Crippen LogP contribution in [0.3, 0.4) is 0 Å². The van der Waals surface area contributed by atoms with E-state index in [0.717, 1.165) is 48.0 Å². The molecule has 32 heavy (non-hydrogen) atoms. The van der Waals surface area contributed by atoms with Crippen molar-refractivity contribution in [2.75, 3.05) is 0 Å². The Labute approximate surface area is 184 Å². The normalized spacial score (nSPS) is 24.8. The van der Waals surface area contributed by atoms with E-state index < -0.39 is 5.97 Å². The van der Waals surface area contributed by atoms with E-state index in [1.165, 1.54) is 6.33 Å². The highest BCUT2D eigenvalue weighted by molar-refractivity contribution is 5.91. The Hall–Kier alpha value is -3.55. The molecule has 4 aromatic heterocycles. The highest BCUT2D eigenvalue weighted by Crippen LogP contribution is 2.50. The number of aromatic nitrogens is 5. The molecule has 3 aliphatic rings. The number of hydrogen-bond donors (Lipinski definition) is 2. The molecule has 0 amide bonds. The fourth-order valence-corrected chi connectivity index (χ4v) is 5.81. The zero-order chi connectivity index (χ0) is 21.7. The Kier molecular flexibility index (Phi) is 4.52. The van der Waals surface area contributed by atoms with Gasteiger partial charge in [0.05, 0.1) is 12.2 Å². The molecule has 8 heteroatoms. The van der Waals surface area contributed by atoms with Crippen molar-refractivity contribution in [3.8, 4) is 22.8 Å². The number of aliphatic carboxylic acids is 1. The molecule has 2 N–H and O–H groups in total. The molecular formula is C24H23N5O3. The lowest BCUT2D eigenvalue weighted by Crippen LogP contribution is -2.45. The van der Waals surface area contributed by atoms with Crippen molar-refractivity contribution in [1.29, 1.82) is 0 Å². The van der Waals surface area contributed by atoms with E-state index in [9.17, 15) is 9.90 Å². The van der Waals surface area contributed by atoms with Crippen LogP contribution in [0.1, 0.15) is 31.4 Å². The van der Waals surface area contributed by atoms with Crippen LogP contribution in [0.2, 0.25) is 0 Å². The summed E-state index contributed by atoms with van der Waals surface area (Å²) in [5.41, 5.74) is 3.07. The van der Waals surface area contributed by atoms with Gasteiger partial charge >= 0.3 is 5.97 Å². The molecule has 0 aromatic carbocycles. The lowest BCUT2D eigenvalue weighted by molar-refractivity contribution is -0.152. The summed E-state index contributed by atoms with van der Waals surface area (Å²) in [5.74, 6) is 1.06. The van der Waals surface area contributed by atoms with Crippen LogP contribution < -0.4 is 0 Å². The molecular weight excluding hydrogens is 406 g/mol. The molecule has 0 radical (unpaired) electrons. The predicted molar refractivity (Wildman–Crippen MR) is 116 cm³/mol. The number of carboxylic acids is 1. The van der Waals surface area contributed by atoms with Crippen LogP contribution in [-0.4, -0.2) is 36.0 Å². The van der Waals surface area contributed by atoms with Crippen LogP contribution >= 0.6 is 0 Å². The van der Waals surface area contributed by atoms with Crippen molar-refractivity contribution < 1.29 is 14.3 Å². The monoisotopic (exact) mass is 429 g/mol. The number of rotatable bonds is 5. The number of carbonyl (C=O) groups is 1. The Morgan fingerprint density at radius 3 is 2.81 bits per heavy atom. The predicted octanol–water partition coefficient (Wildman–Crippen LogP) is 4.35. The molecule has 3 saturated carbocycles. The average Bonchev–Trinajstić information content (AvgIpc) is 3.50. The van der Waals surface area contributed by atoms with Crippen molar-refractivity contribution in [2.24, 2.45) is 23.7 Å². The average molecular weight is 429 g/mol. The molecule has 3 fully saturated rings. The van der Waals surface area contributed by atoms with Gasteiger partial charge in [0.25, 0.3) is 0 Å². The summed E-state index contributed by atoms with van der Waals surface area (Å²) in [7, 11) is 0. The van der Waals surface area contributed by atoms with Crippen LogP contribution in [0.25, 0.3) is 33.9 Å². The van der Waals surface area contributed by atoms with Gasteiger partial charge in [0.2, 0.25) is 0 Å². The molecule has 7 rings (SSSR count). The third-order valence-electron chi connectivity index (χ3n) is 7.27. The van der Waals surface area contributed by atoms with E-state index in [1.54, 1.807) is 12.5 Å². The second-order valence-corrected chi connectivity index (χ2v) is 8.94. The minimum atomic E-state index is -0.668. The van der Waals surface area contributed by atoms with Gasteiger partial charge in [0.1, 0.15) is 17.7 Å². The van der Waals surface area contributed by atoms with Gasteiger partial charge in [-0.05, 0) is 68.1 Å². The van der Waals surface area contributed by atoms with E-state index in [-0.39, 0.29) is 17.8 Å². The summed E-state index contributed by atoms with van der Waals surface area (Å²) in [6, 6.07) is 5.64. The number of aromatic amines is 1. The minimum absolute atomic E-state index is 0.0958. The molecule has 3 aliphatic carbocycles. The maximum absolute atomic E-state index is 12.1. The standard InChI is InChI=1S/C24H23N5O3/c30-24(31)21-14-5-3-13(4-6-14)16(21)8-15-9-19(20-2-1-7-32-20)29-23(28-15)18-11-26-22-17(18)10-25-12-27-22/h1-2,7,9-14,16,21H,3-6,8H2,(H,30,31)(H,25,26,27)/t13?,14?,16-,21-/m0/s1. The summed E-state index contributed by atoms with van der Waals surface area (Å²) in [5, 5.41) is 10.8. The van der Waals surface area contributed by atoms with Crippen LogP contribution in [0.5, 0.6) is 0 Å². The van der Waals surface area contributed by atoms with E-state index in [0.29, 0.717) is 29.6 Å². The number of fused-ring (bicyclic) bond motifs is 4. The minimum Gasteiger partial charge on any atom is -0.481 e. The molecule has 2 bridgehead atoms. The summed E-state index contributed by atoms with van der Waals surface area (Å²) in [6.07, 6.45) is 11.6. The Bertz CT molecular complexity index is 1270. The third-order valence-corrected chi connectivity index (χ3v) is 7.27. The number of nitrogens with zero attached hydrogens (tertiary/aromatic N) is 4. The Balaban J connectivity index is 1.44. The first-order chi connectivity index (χ1) is 15.7. The summed E-state index contributed by atoms with van der Waals surface area (Å²) >= 11 is 0. The highest BCUT2D eigenvalue weighted by Gasteiger charge is 2.47. The smallest absolute Gasteiger partial charge is 0.307 e. The SMILES string of the molecule is O=C(O)[C@H]1C2CCC(CC2)[C@@H]1Cc1cc(-c2ccco2)nc(-c2c[nH]c3ncncc23)n1. The molecule has 4 aromatic rings. The maximum Gasteiger partial charge on any atom is 0.307 e. The van der Waals surface area contributed by atoms with E-state index in [2.05, 4.69) is 15.0 Å². The van der Waals surface area contributed by atoms with Crippen LogP contribution in [0.4, 0.5) is 0 Å². The molecule has 0 aliphatic heterocycles. The molecule has 4 heterocycles.